The summed E-state index contributed by atoms with van der Waals surface area (Å²) in [5.41, 5.74) is 0.792. The highest BCUT2D eigenvalue weighted by Gasteiger charge is 2.13. The predicted octanol–water partition coefficient (Wildman–Crippen LogP) is 3.25. The van der Waals surface area contributed by atoms with Crippen molar-refractivity contribution >= 4 is 45.9 Å². The molecule has 0 spiro atoms. The fraction of sp³-hybridized carbons (Fsp3) is 0.412. The average Bonchev–Trinajstić information content (AvgIpc) is 3.30. The summed E-state index contributed by atoms with van der Waals surface area (Å²) in [5.74, 6) is 1.67. The van der Waals surface area contributed by atoms with E-state index in [-0.39, 0.29) is 5.91 Å². The molecular formula is C17H22N6OS2. The van der Waals surface area contributed by atoms with Gasteiger partial charge in [0.1, 0.15) is 5.82 Å². The Hall–Kier alpha value is -2.13. The average molecular weight is 391 g/mol. The van der Waals surface area contributed by atoms with Gasteiger partial charge in [-0.1, -0.05) is 31.7 Å². The van der Waals surface area contributed by atoms with Crippen LogP contribution in [0.1, 0.15) is 29.9 Å². The zero-order valence-corrected chi connectivity index (χ0v) is 16.5. The number of hydrogen-bond acceptors (Lipinski definition) is 7. The van der Waals surface area contributed by atoms with Crippen molar-refractivity contribution in [2.45, 2.75) is 32.0 Å². The SMILES string of the molecule is CCCNc1nc(SCC)nc2c1cnn2CCNC(=O)c1cccs1. The van der Waals surface area contributed by atoms with Crippen molar-refractivity contribution in [1.29, 1.82) is 0 Å². The molecule has 3 rings (SSSR count). The zero-order valence-electron chi connectivity index (χ0n) is 14.9. The lowest BCUT2D eigenvalue weighted by molar-refractivity contribution is 0.0956. The Morgan fingerprint density at radius 3 is 2.92 bits per heavy atom. The third-order valence-electron chi connectivity index (χ3n) is 3.65. The Morgan fingerprint density at radius 1 is 1.31 bits per heavy atom. The number of thioether (sulfide) groups is 1. The highest BCUT2D eigenvalue weighted by atomic mass is 32.2. The van der Waals surface area contributed by atoms with Gasteiger partial charge in [0.25, 0.3) is 5.91 Å². The van der Waals surface area contributed by atoms with Crippen LogP contribution in [0.4, 0.5) is 5.82 Å². The number of nitrogens with one attached hydrogen (secondary N) is 2. The van der Waals surface area contributed by atoms with Crippen LogP contribution in [-0.2, 0) is 6.54 Å². The summed E-state index contributed by atoms with van der Waals surface area (Å²) in [6, 6.07) is 3.69. The van der Waals surface area contributed by atoms with Gasteiger partial charge >= 0.3 is 0 Å². The number of anilines is 1. The number of carbonyl (C=O) groups is 1. The van der Waals surface area contributed by atoms with Gasteiger partial charge < -0.3 is 10.6 Å². The lowest BCUT2D eigenvalue weighted by Gasteiger charge is -2.09. The summed E-state index contributed by atoms with van der Waals surface area (Å²) in [6.45, 7) is 6.10. The standard InChI is InChI=1S/C17H22N6OS2/c1-3-7-18-14-12-11-20-23(15(12)22-17(21-14)25-4-2)9-8-19-16(24)13-6-5-10-26-13/h5-6,10-11H,3-4,7-9H2,1-2H3,(H,19,24)(H,18,21,22). The first-order valence-electron chi connectivity index (χ1n) is 8.64. The summed E-state index contributed by atoms with van der Waals surface area (Å²) in [7, 11) is 0. The molecule has 26 heavy (non-hydrogen) atoms. The molecule has 0 aromatic carbocycles. The molecule has 0 bridgehead atoms. The van der Waals surface area contributed by atoms with E-state index in [2.05, 4.69) is 39.5 Å². The Bertz CT molecular complexity index is 862. The molecule has 0 radical (unpaired) electrons. The van der Waals surface area contributed by atoms with Crippen molar-refractivity contribution in [2.24, 2.45) is 0 Å². The third kappa shape index (κ3) is 4.34. The van der Waals surface area contributed by atoms with Crippen LogP contribution in [0.2, 0.25) is 0 Å². The topological polar surface area (TPSA) is 84.7 Å². The van der Waals surface area contributed by atoms with Gasteiger partial charge in [-0.3, -0.25) is 4.79 Å². The van der Waals surface area contributed by atoms with Gasteiger partial charge in [0, 0.05) is 13.1 Å². The van der Waals surface area contributed by atoms with Crippen LogP contribution in [0.15, 0.2) is 28.9 Å². The highest BCUT2D eigenvalue weighted by molar-refractivity contribution is 7.99. The number of hydrogen-bond donors (Lipinski definition) is 2. The quantitative estimate of drug-likeness (QED) is 0.431. The van der Waals surface area contributed by atoms with Crippen molar-refractivity contribution in [2.75, 3.05) is 24.2 Å². The molecule has 3 aromatic rings. The first-order valence-corrected chi connectivity index (χ1v) is 10.5. The number of aromatic nitrogens is 4. The zero-order chi connectivity index (χ0) is 18.4. The van der Waals surface area contributed by atoms with E-state index in [4.69, 9.17) is 0 Å². The molecule has 0 saturated heterocycles. The van der Waals surface area contributed by atoms with Crippen molar-refractivity contribution in [1.82, 2.24) is 25.1 Å². The second kappa shape index (κ2) is 9.00. The molecule has 7 nitrogen and oxygen atoms in total. The van der Waals surface area contributed by atoms with Crippen LogP contribution >= 0.6 is 23.1 Å². The van der Waals surface area contributed by atoms with Gasteiger partial charge in [-0.05, 0) is 23.6 Å². The van der Waals surface area contributed by atoms with Crippen LogP contribution in [0.3, 0.4) is 0 Å². The summed E-state index contributed by atoms with van der Waals surface area (Å²) < 4.78 is 1.82. The van der Waals surface area contributed by atoms with Crippen LogP contribution in [0, 0.1) is 0 Å². The van der Waals surface area contributed by atoms with E-state index in [9.17, 15) is 4.79 Å². The van der Waals surface area contributed by atoms with Crippen LogP contribution in [-0.4, -0.2) is 44.5 Å². The van der Waals surface area contributed by atoms with Crippen molar-refractivity contribution in [3.63, 3.8) is 0 Å². The molecule has 0 aliphatic rings. The van der Waals surface area contributed by atoms with Crippen LogP contribution in [0.25, 0.3) is 11.0 Å². The monoisotopic (exact) mass is 390 g/mol. The summed E-state index contributed by atoms with van der Waals surface area (Å²) in [6.07, 6.45) is 2.81. The summed E-state index contributed by atoms with van der Waals surface area (Å²) in [5, 5.41) is 14.3. The van der Waals surface area contributed by atoms with Crippen molar-refractivity contribution in [3.8, 4) is 0 Å². The van der Waals surface area contributed by atoms with E-state index in [1.807, 2.05) is 22.2 Å². The van der Waals surface area contributed by atoms with E-state index < -0.39 is 0 Å². The maximum Gasteiger partial charge on any atom is 0.261 e. The Morgan fingerprint density at radius 2 is 2.19 bits per heavy atom. The number of nitrogens with zero attached hydrogens (tertiary/aromatic N) is 4. The molecule has 1 amide bonds. The Labute approximate surface area is 160 Å². The molecule has 0 aliphatic heterocycles. The Balaban J connectivity index is 1.75. The molecule has 0 saturated carbocycles. The highest BCUT2D eigenvalue weighted by Crippen LogP contribution is 2.24. The fourth-order valence-corrected chi connectivity index (χ4v) is 3.65. The normalized spacial score (nSPS) is 11.0. The first-order chi connectivity index (χ1) is 12.7. The second-order valence-corrected chi connectivity index (χ2v) is 7.73. The van der Waals surface area contributed by atoms with E-state index in [1.54, 1.807) is 18.0 Å². The smallest absolute Gasteiger partial charge is 0.261 e. The number of fused-ring (bicyclic) bond motifs is 1. The second-order valence-electron chi connectivity index (χ2n) is 5.55. The van der Waals surface area contributed by atoms with E-state index in [1.165, 1.54) is 11.3 Å². The molecule has 3 aromatic heterocycles. The molecule has 0 atom stereocenters. The van der Waals surface area contributed by atoms with Crippen molar-refractivity contribution in [3.05, 3.63) is 28.6 Å². The van der Waals surface area contributed by atoms with Gasteiger partial charge in [0.15, 0.2) is 10.8 Å². The fourth-order valence-electron chi connectivity index (χ4n) is 2.44. The molecule has 0 aliphatic carbocycles. The molecule has 138 valence electrons. The minimum absolute atomic E-state index is 0.0568. The summed E-state index contributed by atoms with van der Waals surface area (Å²) >= 11 is 3.04. The van der Waals surface area contributed by atoms with Gasteiger partial charge in [0.2, 0.25) is 0 Å². The minimum atomic E-state index is -0.0568. The largest absolute Gasteiger partial charge is 0.369 e. The first kappa shape index (κ1) is 18.7. The van der Waals surface area contributed by atoms with E-state index in [0.29, 0.717) is 18.0 Å². The van der Waals surface area contributed by atoms with Crippen molar-refractivity contribution < 1.29 is 4.79 Å². The maximum atomic E-state index is 12.0. The number of carbonyl (C=O) groups excluding carboxylic acids is 1. The predicted molar refractivity (Wildman–Crippen MR) is 107 cm³/mol. The number of thiophene rings is 1. The van der Waals surface area contributed by atoms with Gasteiger partial charge in [-0.2, -0.15) is 5.10 Å². The third-order valence-corrected chi connectivity index (χ3v) is 5.24. The molecular weight excluding hydrogens is 368 g/mol. The molecule has 0 unspecified atom stereocenters. The van der Waals surface area contributed by atoms with E-state index >= 15 is 0 Å². The lowest BCUT2D eigenvalue weighted by atomic mass is 10.3. The lowest BCUT2D eigenvalue weighted by Crippen LogP contribution is -2.26. The van der Waals surface area contributed by atoms with Gasteiger partial charge in [-0.25, -0.2) is 14.6 Å². The number of amides is 1. The number of rotatable bonds is 9. The maximum absolute atomic E-state index is 12.0. The summed E-state index contributed by atoms with van der Waals surface area (Å²) in [4.78, 5) is 22.0. The Kier molecular flexibility index (Phi) is 6.45. The van der Waals surface area contributed by atoms with Crippen LogP contribution < -0.4 is 10.6 Å². The van der Waals surface area contributed by atoms with E-state index in [0.717, 1.165) is 40.7 Å². The molecule has 9 heteroatoms. The molecule has 3 heterocycles. The van der Waals surface area contributed by atoms with Crippen LogP contribution in [0.5, 0.6) is 0 Å². The molecule has 0 fully saturated rings. The molecule has 2 N–H and O–H groups in total. The van der Waals surface area contributed by atoms with Gasteiger partial charge in [0.05, 0.1) is 23.0 Å². The van der Waals surface area contributed by atoms with Gasteiger partial charge in [-0.15, -0.1) is 11.3 Å². The minimum Gasteiger partial charge on any atom is -0.369 e.